The summed E-state index contributed by atoms with van der Waals surface area (Å²) in [6, 6.07) is 8.00. The fourth-order valence-electron chi connectivity index (χ4n) is 2.93. The van der Waals surface area contributed by atoms with Crippen LogP contribution in [0.2, 0.25) is 0 Å². The predicted octanol–water partition coefficient (Wildman–Crippen LogP) is 2.80. The van der Waals surface area contributed by atoms with Gasteiger partial charge in [0, 0.05) is 29.3 Å². The van der Waals surface area contributed by atoms with E-state index in [-0.39, 0.29) is 5.82 Å². The molecule has 1 aliphatic rings. The summed E-state index contributed by atoms with van der Waals surface area (Å²) in [5, 5.41) is 26.9. The lowest BCUT2D eigenvalue weighted by atomic mass is 9.96. The third-order valence-electron chi connectivity index (χ3n) is 4.04. The van der Waals surface area contributed by atoms with E-state index in [0.717, 1.165) is 35.3 Å². The first kappa shape index (κ1) is 13.5. The van der Waals surface area contributed by atoms with Gasteiger partial charge in [-0.3, -0.25) is 0 Å². The molecule has 1 aliphatic carbocycles. The molecule has 0 aliphatic heterocycles. The zero-order chi connectivity index (χ0) is 15.6. The molecular weight excluding hydrogens is 292 g/mol. The van der Waals surface area contributed by atoms with E-state index >= 15 is 0 Å². The second-order valence-electron chi connectivity index (χ2n) is 5.47. The minimum atomic E-state index is 0.266. The van der Waals surface area contributed by atoms with Gasteiger partial charge in [-0.1, -0.05) is 0 Å². The number of tetrazole rings is 1. The van der Waals surface area contributed by atoms with Crippen molar-refractivity contribution in [3.05, 3.63) is 41.5 Å². The third kappa shape index (κ3) is 2.44. The number of aryl methyl sites for hydroxylation is 2. The summed E-state index contributed by atoms with van der Waals surface area (Å²) in [4.78, 5) is 0. The highest BCUT2D eigenvalue weighted by molar-refractivity contribution is 5.86. The van der Waals surface area contributed by atoms with Crippen LogP contribution in [0.3, 0.4) is 0 Å². The van der Waals surface area contributed by atoms with Crippen molar-refractivity contribution in [2.75, 3.05) is 5.32 Å². The van der Waals surface area contributed by atoms with Crippen LogP contribution >= 0.6 is 0 Å². The molecule has 0 amide bonds. The molecule has 0 fully saturated rings. The first-order valence-corrected chi connectivity index (χ1v) is 7.50. The van der Waals surface area contributed by atoms with Gasteiger partial charge in [-0.05, 0) is 42.7 Å². The lowest BCUT2D eigenvalue weighted by Gasteiger charge is -2.08. The highest BCUT2D eigenvalue weighted by Gasteiger charge is 2.17. The second-order valence-corrected chi connectivity index (χ2v) is 5.47. The van der Waals surface area contributed by atoms with Gasteiger partial charge in [0.25, 0.3) is 0 Å². The van der Waals surface area contributed by atoms with Gasteiger partial charge in [0.1, 0.15) is 23.0 Å². The average molecular weight is 306 g/mol. The van der Waals surface area contributed by atoms with E-state index in [9.17, 15) is 5.26 Å². The highest BCUT2D eigenvalue weighted by Crippen LogP contribution is 2.33. The molecule has 0 bridgehead atoms. The van der Waals surface area contributed by atoms with E-state index in [1.165, 1.54) is 18.4 Å². The van der Waals surface area contributed by atoms with Gasteiger partial charge in [-0.15, -0.1) is 10.2 Å². The number of hydrogen-bond acceptors (Lipinski definition) is 6. The van der Waals surface area contributed by atoms with Crippen LogP contribution in [0.15, 0.2) is 28.8 Å². The number of aromatic amines is 1. The van der Waals surface area contributed by atoms with Crippen molar-refractivity contribution in [2.45, 2.75) is 25.7 Å². The maximum absolute atomic E-state index is 9.18. The average Bonchev–Trinajstić information content (AvgIpc) is 3.23. The largest absolute Gasteiger partial charge is 0.461 e. The lowest BCUT2D eigenvalue weighted by Crippen LogP contribution is -1.98. The Labute approximate surface area is 132 Å². The molecule has 4 rings (SSSR count). The van der Waals surface area contributed by atoms with Crippen LogP contribution in [0.1, 0.15) is 30.0 Å². The molecule has 0 saturated heterocycles. The molecule has 23 heavy (non-hydrogen) atoms. The molecule has 0 radical (unpaired) electrons. The molecule has 2 heterocycles. The Bertz CT molecular complexity index is 916. The molecule has 0 unspecified atom stereocenters. The smallest absolute Gasteiger partial charge is 0.216 e. The zero-order valence-electron chi connectivity index (χ0n) is 12.3. The van der Waals surface area contributed by atoms with E-state index in [0.29, 0.717) is 5.57 Å². The van der Waals surface area contributed by atoms with Crippen molar-refractivity contribution in [1.82, 2.24) is 20.6 Å². The summed E-state index contributed by atoms with van der Waals surface area (Å²) in [7, 11) is 0. The Kier molecular flexibility index (Phi) is 3.27. The Morgan fingerprint density at radius 2 is 2.26 bits per heavy atom. The summed E-state index contributed by atoms with van der Waals surface area (Å²) >= 11 is 0. The van der Waals surface area contributed by atoms with Crippen molar-refractivity contribution in [3.8, 4) is 6.07 Å². The van der Waals surface area contributed by atoms with Crippen molar-refractivity contribution in [1.29, 1.82) is 5.26 Å². The lowest BCUT2D eigenvalue weighted by molar-refractivity contribution is 0.506. The van der Waals surface area contributed by atoms with Gasteiger partial charge < -0.3 is 9.73 Å². The summed E-state index contributed by atoms with van der Waals surface area (Å²) in [6.07, 6.45) is 6.06. The van der Waals surface area contributed by atoms with Gasteiger partial charge in [0.05, 0.1) is 0 Å². The number of nitriles is 1. The number of aromatic nitrogens is 4. The van der Waals surface area contributed by atoms with Crippen LogP contribution in [-0.4, -0.2) is 20.6 Å². The second kappa shape index (κ2) is 5.57. The molecule has 0 spiro atoms. The molecule has 3 aromatic rings. The number of rotatable bonds is 3. The summed E-state index contributed by atoms with van der Waals surface area (Å²) in [6.45, 7) is 0. The van der Waals surface area contributed by atoms with Gasteiger partial charge in [-0.25, -0.2) is 0 Å². The minimum absolute atomic E-state index is 0.266. The SMILES string of the molecule is N#CC(=CNc1ccc2oc3c(c2c1)CCCC3)c1nn[nH]n1. The summed E-state index contributed by atoms with van der Waals surface area (Å²) in [5.74, 6) is 1.38. The molecule has 114 valence electrons. The quantitative estimate of drug-likeness (QED) is 0.721. The Balaban J connectivity index is 1.66. The van der Waals surface area contributed by atoms with Gasteiger partial charge in [0.2, 0.25) is 5.82 Å². The van der Waals surface area contributed by atoms with E-state index < -0.39 is 0 Å². The van der Waals surface area contributed by atoms with Crippen molar-refractivity contribution >= 4 is 22.2 Å². The predicted molar refractivity (Wildman–Crippen MR) is 84.2 cm³/mol. The van der Waals surface area contributed by atoms with Crippen molar-refractivity contribution in [2.24, 2.45) is 0 Å². The van der Waals surface area contributed by atoms with Crippen LogP contribution in [-0.2, 0) is 12.8 Å². The Hall–Kier alpha value is -3.14. The molecule has 0 atom stereocenters. The van der Waals surface area contributed by atoms with Crippen LogP contribution < -0.4 is 5.32 Å². The van der Waals surface area contributed by atoms with E-state index in [4.69, 9.17) is 4.42 Å². The number of anilines is 1. The maximum Gasteiger partial charge on any atom is 0.216 e. The topological polar surface area (TPSA) is 103 Å². The number of nitrogens with zero attached hydrogens (tertiary/aromatic N) is 4. The van der Waals surface area contributed by atoms with Gasteiger partial charge in [-0.2, -0.15) is 10.5 Å². The normalized spacial score (nSPS) is 14.5. The zero-order valence-corrected chi connectivity index (χ0v) is 12.3. The van der Waals surface area contributed by atoms with E-state index in [1.54, 1.807) is 6.20 Å². The molecule has 1 aromatic carbocycles. The fraction of sp³-hybridized carbons (Fsp3) is 0.250. The standard InChI is InChI=1S/C16H14N6O/c17-8-10(16-19-21-22-20-16)9-18-11-5-6-15-13(7-11)12-3-1-2-4-14(12)23-15/h5-7,9,18H,1-4H2,(H,19,20,21,22). The fourth-order valence-corrected chi connectivity index (χ4v) is 2.93. The highest BCUT2D eigenvalue weighted by atomic mass is 16.3. The number of H-pyrrole nitrogens is 1. The number of furan rings is 1. The summed E-state index contributed by atoms with van der Waals surface area (Å²) < 4.78 is 5.92. The number of benzene rings is 1. The number of nitrogens with one attached hydrogen (secondary N) is 2. The number of fused-ring (bicyclic) bond motifs is 3. The van der Waals surface area contributed by atoms with Gasteiger partial charge in [0.15, 0.2) is 0 Å². The van der Waals surface area contributed by atoms with Crippen LogP contribution in [0.25, 0.3) is 16.5 Å². The molecule has 2 aromatic heterocycles. The maximum atomic E-state index is 9.18. The Morgan fingerprint density at radius 1 is 1.35 bits per heavy atom. The molecule has 2 N–H and O–H groups in total. The van der Waals surface area contributed by atoms with Crippen molar-refractivity contribution in [3.63, 3.8) is 0 Å². The van der Waals surface area contributed by atoms with E-state index in [2.05, 4.69) is 38.1 Å². The van der Waals surface area contributed by atoms with Crippen molar-refractivity contribution < 1.29 is 4.42 Å². The molecular formula is C16H14N6O. The van der Waals surface area contributed by atoms with Crippen LogP contribution in [0.4, 0.5) is 5.69 Å². The Morgan fingerprint density at radius 3 is 3.09 bits per heavy atom. The number of hydrogen-bond donors (Lipinski definition) is 2. The summed E-state index contributed by atoms with van der Waals surface area (Å²) in [5.41, 5.74) is 3.44. The molecule has 7 heteroatoms. The first-order chi connectivity index (χ1) is 11.3. The molecule has 7 nitrogen and oxygen atoms in total. The number of allylic oxidation sites excluding steroid dienone is 1. The van der Waals surface area contributed by atoms with Gasteiger partial charge >= 0.3 is 0 Å². The van der Waals surface area contributed by atoms with Crippen LogP contribution in [0, 0.1) is 11.3 Å². The monoisotopic (exact) mass is 306 g/mol. The van der Waals surface area contributed by atoms with Crippen LogP contribution in [0.5, 0.6) is 0 Å². The minimum Gasteiger partial charge on any atom is -0.461 e. The molecule has 0 saturated carbocycles. The van der Waals surface area contributed by atoms with E-state index in [1.807, 2.05) is 12.1 Å². The first-order valence-electron chi connectivity index (χ1n) is 7.50. The third-order valence-corrected chi connectivity index (χ3v) is 4.04.